The van der Waals surface area contributed by atoms with Crippen LogP contribution in [0.5, 0.6) is 0 Å². The van der Waals surface area contributed by atoms with Crippen LogP contribution in [0.15, 0.2) is 0 Å². The second-order valence-corrected chi connectivity index (χ2v) is 3.88. The third-order valence-electron chi connectivity index (χ3n) is 2.88. The van der Waals surface area contributed by atoms with E-state index in [1.807, 2.05) is 13.8 Å². The zero-order valence-corrected chi connectivity index (χ0v) is 9.49. The molecule has 5 heteroatoms. The molecule has 0 aromatic carbocycles. The number of hydrogen-bond donors (Lipinski definition) is 1. The summed E-state index contributed by atoms with van der Waals surface area (Å²) in [5.74, 6) is 0.757. The van der Waals surface area contributed by atoms with Crippen molar-refractivity contribution >= 4 is 5.95 Å². The molecule has 0 atom stereocenters. The summed E-state index contributed by atoms with van der Waals surface area (Å²) >= 11 is 0. The first kappa shape index (κ1) is 10.3. The predicted octanol–water partition coefficient (Wildman–Crippen LogP) is 0.287. The van der Waals surface area contributed by atoms with Crippen molar-refractivity contribution in [3.05, 3.63) is 11.4 Å². The molecule has 1 aliphatic heterocycles. The highest BCUT2D eigenvalue weighted by Crippen LogP contribution is 2.13. The van der Waals surface area contributed by atoms with E-state index < -0.39 is 0 Å². The van der Waals surface area contributed by atoms with Gasteiger partial charge in [-0.05, 0) is 20.8 Å². The molecule has 1 N–H and O–H groups in total. The molecule has 82 valence electrons. The summed E-state index contributed by atoms with van der Waals surface area (Å²) in [6, 6.07) is 0.527. The van der Waals surface area contributed by atoms with Crippen molar-refractivity contribution in [1.29, 1.82) is 0 Å². The SMILES string of the molecule is CCN(c1nnc(C)c(C)n1)C1CNC1. The summed E-state index contributed by atoms with van der Waals surface area (Å²) in [4.78, 5) is 6.68. The van der Waals surface area contributed by atoms with Crippen molar-refractivity contribution in [2.45, 2.75) is 26.8 Å². The first-order chi connectivity index (χ1) is 7.22. The van der Waals surface area contributed by atoms with E-state index in [-0.39, 0.29) is 0 Å². The highest BCUT2D eigenvalue weighted by Gasteiger charge is 2.25. The molecule has 1 aromatic rings. The molecule has 15 heavy (non-hydrogen) atoms. The van der Waals surface area contributed by atoms with Gasteiger partial charge in [-0.25, -0.2) is 4.98 Å². The molecule has 1 fully saturated rings. The van der Waals surface area contributed by atoms with E-state index in [2.05, 4.69) is 32.3 Å². The van der Waals surface area contributed by atoms with Gasteiger partial charge in [0.2, 0.25) is 5.95 Å². The molecule has 0 radical (unpaired) electrons. The van der Waals surface area contributed by atoms with Crippen LogP contribution >= 0.6 is 0 Å². The Morgan fingerprint density at radius 3 is 2.47 bits per heavy atom. The van der Waals surface area contributed by atoms with E-state index in [0.717, 1.165) is 37.0 Å². The van der Waals surface area contributed by atoms with E-state index in [1.54, 1.807) is 0 Å². The standard InChI is InChI=1S/C10H17N5/c1-4-15(9-5-11-6-9)10-12-7(2)8(3)13-14-10/h9,11H,4-6H2,1-3H3. The van der Waals surface area contributed by atoms with Gasteiger partial charge in [0.25, 0.3) is 0 Å². The van der Waals surface area contributed by atoms with Gasteiger partial charge in [-0.1, -0.05) is 0 Å². The van der Waals surface area contributed by atoms with Crippen molar-refractivity contribution in [2.24, 2.45) is 0 Å². The lowest BCUT2D eigenvalue weighted by atomic mass is 10.1. The third kappa shape index (κ3) is 1.92. The number of rotatable bonds is 3. The lowest BCUT2D eigenvalue weighted by Gasteiger charge is -2.37. The Labute approximate surface area is 89.9 Å². The van der Waals surface area contributed by atoms with Gasteiger partial charge in [0.15, 0.2) is 0 Å². The van der Waals surface area contributed by atoms with Gasteiger partial charge >= 0.3 is 0 Å². The van der Waals surface area contributed by atoms with Gasteiger partial charge in [-0.15, -0.1) is 5.10 Å². The van der Waals surface area contributed by atoms with Gasteiger partial charge < -0.3 is 10.2 Å². The number of aromatic nitrogens is 3. The quantitative estimate of drug-likeness (QED) is 0.772. The Morgan fingerprint density at radius 2 is 2.00 bits per heavy atom. The van der Waals surface area contributed by atoms with Crippen LogP contribution in [-0.2, 0) is 0 Å². The normalized spacial score (nSPS) is 16.2. The van der Waals surface area contributed by atoms with Crippen LogP contribution in [0.4, 0.5) is 5.95 Å². The van der Waals surface area contributed by atoms with Gasteiger partial charge in [0, 0.05) is 19.6 Å². The van der Waals surface area contributed by atoms with Crippen LogP contribution in [0.3, 0.4) is 0 Å². The second kappa shape index (κ2) is 4.10. The highest BCUT2D eigenvalue weighted by molar-refractivity contribution is 5.33. The smallest absolute Gasteiger partial charge is 0.245 e. The van der Waals surface area contributed by atoms with E-state index in [4.69, 9.17) is 0 Å². The summed E-state index contributed by atoms with van der Waals surface area (Å²) in [7, 11) is 0. The fourth-order valence-electron chi connectivity index (χ4n) is 1.62. The van der Waals surface area contributed by atoms with Gasteiger partial charge in [-0.3, -0.25) is 0 Å². The molecule has 1 aromatic heterocycles. The Kier molecular flexibility index (Phi) is 2.81. The minimum atomic E-state index is 0.527. The number of aryl methyl sites for hydroxylation is 2. The second-order valence-electron chi connectivity index (χ2n) is 3.88. The first-order valence-electron chi connectivity index (χ1n) is 5.37. The summed E-state index contributed by atoms with van der Waals surface area (Å²) in [6.07, 6.45) is 0. The minimum absolute atomic E-state index is 0.527. The fourth-order valence-corrected chi connectivity index (χ4v) is 1.62. The summed E-state index contributed by atoms with van der Waals surface area (Å²) < 4.78 is 0. The Balaban J connectivity index is 2.21. The largest absolute Gasteiger partial charge is 0.334 e. The zero-order valence-electron chi connectivity index (χ0n) is 9.49. The zero-order chi connectivity index (χ0) is 10.8. The molecular formula is C10H17N5. The number of hydrogen-bond acceptors (Lipinski definition) is 5. The van der Waals surface area contributed by atoms with Crippen LogP contribution in [0.1, 0.15) is 18.3 Å². The maximum absolute atomic E-state index is 4.47. The monoisotopic (exact) mass is 207 g/mol. The van der Waals surface area contributed by atoms with Gasteiger partial charge in [0.05, 0.1) is 17.4 Å². The minimum Gasteiger partial charge on any atom is -0.334 e. The predicted molar refractivity (Wildman–Crippen MR) is 59.0 cm³/mol. The van der Waals surface area contributed by atoms with Crippen LogP contribution in [0.2, 0.25) is 0 Å². The molecule has 2 heterocycles. The number of nitrogens with one attached hydrogen (secondary N) is 1. The van der Waals surface area contributed by atoms with E-state index in [9.17, 15) is 0 Å². The van der Waals surface area contributed by atoms with Gasteiger partial charge in [-0.2, -0.15) is 5.10 Å². The Morgan fingerprint density at radius 1 is 1.27 bits per heavy atom. The van der Waals surface area contributed by atoms with Crippen molar-refractivity contribution in [2.75, 3.05) is 24.5 Å². The Hall–Kier alpha value is -1.23. The molecule has 0 aliphatic carbocycles. The van der Waals surface area contributed by atoms with Crippen LogP contribution < -0.4 is 10.2 Å². The number of nitrogens with zero attached hydrogens (tertiary/aromatic N) is 4. The first-order valence-corrected chi connectivity index (χ1v) is 5.37. The Bertz CT molecular complexity index is 348. The molecule has 0 bridgehead atoms. The van der Waals surface area contributed by atoms with E-state index in [1.165, 1.54) is 0 Å². The van der Waals surface area contributed by atoms with Crippen molar-refractivity contribution in [1.82, 2.24) is 20.5 Å². The van der Waals surface area contributed by atoms with E-state index >= 15 is 0 Å². The average Bonchev–Trinajstić information content (AvgIpc) is 2.16. The summed E-state index contributed by atoms with van der Waals surface area (Å²) in [5, 5.41) is 11.5. The molecule has 2 rings (SSSR count). The van der Waals surface area contributed by atoms with Crippen LogP contribution in [0.25, 0.3) is 0 Å². The maximum atomic E-state index is 4.47. The number of likely N-dealkylation sites (N-methyl/N-ethyl adjacent to an activating group) is 1. The van der Waals surface area contributed by atoms with Crippen LogP contribution in [-0.4, -0.2) is 40.9 Å². The molecule has 0 amide bonds. The number of anilines is 1. The molecule has 5 nitrogen and oxygen atoms in total. The van der Waals surface area contributed by atoms with Gasteiger partial charge in [0.1, 0.15) is 0 Å². The third-order valence-corrected chi connectivity index (χ3v) is 2.88. The molecule has 0 unspecified atom stereocenters. The highest BCUT2D eigenvalue weighted by atomic mass is 15.4. The molecular weight excluding hydrogens is 190 g/mol. The maximum Gasteiger partial charge on any atom is 0.245 e. The summed E-state index contributed by atoms with van der Waals surface area (Å²) in [6.45, 7) is 8.99. The van der Waals surface area contributed by atoms with Crippen molar-refractivity contribution < 1.29 is 0 Å². The molecule has 1 saturated heterocycles. The molecule has 1 aliphatic rings. The van der Waals surface area contributed by atoms with Crippen LogP contribution in [0, 0.1) is 13.8 Å². The summed E-state index contributed by atoms with van der Waals surface area (Å²) in [5.41, 5.74) is 1.87. The molecule has 0 spiro atoms. The lowest BCUT2D eigenvalue weighted by molar-refractivity contribution is 0.411. The molecule has 0 saturated carbocycles. The topological polar surface area (TPSA) is 53.9 Å². The lowest BCUT2D eigenvalue weighted by Crippen LogP contribution is -2.57. The van der Waals surface area contributed by atoms with E-state index in [0.29, 0.717) is 6.04 Å². The van der Waals surface area contributed by atoms with Crippen molar-refractivity contribution in [3.63, 3.8) is 0 Å². The fraction of sp³-hybridized carbons (Fsp3) is 0.700. The average molecular weight is 207 g/mol. The van der Waals surface area contributed by atoms with Crippen molar-refractivity contribution in [3.8, 4) is 0 Å².